The van der Waals surface area contributed by atoms with Gasteiger partial charge in [0.25, 0.3) is 0 Å². The van der Waals surface area contributed by atoms with Crippen LogP contribution in [-0.2, 0) is 0 Å². The summed E-state index contributed by atoms with van der Waals surface area (Å²) in [6.45, 7) is 0. The van der Waals surface area contributed by atoms with E-state index in [9.17, 15) is 0 Å². The lowest BCUT2D eigenvalue weighted by Crippen LogP contribution is -1.98. The molecule has 0 amide bonds. The summed E-state index contributed by atoms with van der Waals surface area (Å²) in [5.41, 5.74) is 4.29. The van der Waals surface area contributed by atoms with E-state index < -0.39 is 0 Å². The Morgan fingerprint density at radius 1 is 0.515 bits per heavy atom. The van der Waals surface area contributed by atoms with Crippen molar-refractivity contribution in [1.82, 2.24) is 14.5 Å². The van der Waals surface area contributed by atoms with Crippen LogP contribution in [0.4, 0.5) is 0 Å². The maximum absolute atomic E-state index is 4.89. The number of rotatable bonds is 2. The van der Waals surface area contributed by atoms with Crippen molar-refractivity contribution in [2.75, 3.05) is 0 Å². The molecule has 33 heavy (non-hydrogen) atoms. The first kappa shape index (κ1) is 18.1. The van der Waals surface area contributed by atoms with Crippen molar-refractivity contribution in [3.63, 3.8) is 0 Å². The molecule has 0 aliphatic rings. The van der Waals surface area contributed by atoms with Crippen molar-refractivity contribution < 1.29 is 0 Å². The summed E-state index contributed by atoms with van der Waals surface area (Å²) in [4.78, 5) is 9.35. The number of nitrogens with zero attached hydrogens (tertiary/aromatic N) is 3. The van der Waals surface area contributed by atoms with Crippen molar-refractivity contribution in [3.05, 3.63) is 116 Å². The zero-order chi connectivity index (χ0) is 21.8. The summed E-state index contributed by atoms with van der Waals surface area (Å²) in [6.07, 6.45) is 3.73. The van der Waals surface area contributed by atoms with Gasteiger partial charge in [0.1, 0.15) is 5.82 Å². The first-order chi connectivity index (χ1) is 16.4. The highest BCUT2D eigenvalue weighted by Crippen LogP contribution is 2.38. The fraction of sp³-hybridized carbons (Fsp3) is 0. The Bertz CT molecular complexity index is 1800. The summed E-state index contributed by atoms with van der Waals surface area (Å²) in [7, 11) is 0. The van der Waals surface area contributed by atoms with Gasteiger partial charge in [-0.2, -0.15) is 0 Å². The summed E-state index contributed by atoms with van der Waals surface area (Å²) >= 11 is 0. The minimum absolute atomic E-state index is 0.904. The highest BCUT2D eigenvalue weighted by molar-refractivity contribution is 6.22. The molecule has 0 bridgehead atoms. The molecule has 3 aromatic heterocycles. The van der Waals surface area contributed by atoms with Gasteiger partial charge in [-0.15, -0.1) is 0 Å². The van der Waals surface area contributed by atoms with Crippen LogP contribution in [0.2, 0.25) is 0 Å². The van der Waals surface area contributed by atoms with Crippen molar-refractivity contribution in [3.8, 4) is 17.1 Å². The molecular formula is C30H19N3. The molecule has 3 heteroatoms. The molecule has 0 atom stereocenters. The number of benzene rings is 4. The predicted molar refractivity (Wildman–Crippen MR) is 137 cm³/mol. The number of hydrogen-bond acceptors (Lipinski definition) is 2. The van der Waals surface area contributed by atoms with Crippen LogP contribution >= 0.6 is 0 Å². The summed E-state index contributed by atoms with van der Waals surface area (Å²) in [5.74, 6) is 0.904. The van der Waals surface area contributed by atoms with E-state index in [0.717, 1.165) is 22.6 Å². The van der Waals surface area contributed by atoms with E-state index in [1.54, 1.807) is 0 Å². The lowest BCUT2D eigenvalue weighted by Gasteiger charge is -2.11. The zero-order valence-corrected chi connectivity index (χ0v) is 17.8. The van der Waals surface area contributed by atoms with Crippen LogP contribution in [0.5, 0.6) is 0 Å². The quantitative estimate of drug-likeness (QED) is 0.270. The lowest BCUT2D eigenvalue weighted by atomic mass is 9.99. The van der Waals surface area contributed by atoms with Gasteiger partial charge in [0, 0.05) is 34.1 Å². The number of para-hydroxylation sites is 1. The Labute approximate surface area is 190 Å². The number of fused-ring (bicyclic) bond motifs is 7. The first-order valence-electron chi connectivity index (χ1n) is 11.1. The van der Waals surface area contributed by atoms with Crippen LogP contribution in [0.25, 0.3) is 60.4 Å². The molecule has 154 valence electrons. The van der Waals surface area contributed by atoms with E-state index in [0.29, 0.717) is 0 Å². The summed E-state index contributed by atoms with van der Waals surface area (Å²) < 4.78 is 2.30. The predicted octanol–water partition coefficient (Wildman–Crippen LogP) is 7.55. The second kappa shape index (κ2) is 7.01. The standard InChI is InChI=1S/C30H19N3/c1-2-8-22-20(7-1)12-14-25-23(22)15-16-26-24-9-3-4-11-28(24)33(30(25)26)29-17-13-21(19-32-29)27-10-5-6-18-31-27/h1-19H. The normalized spacial score (nSPS) is 11.6. The molecule has 0 N–H and O–H groups in total. The third-order valence-electron chi connectivity index (χ3n) is 6.49. The van der Waals surface area contributed by atoms with Gasteiger partial charge in [0.15, 0.2) is 0 Å². The van der Waals surface area contributed by atoms with Gasteiger partial charge < -0.3 is 0 Å². The Morgan fingerprint density at radius 2 is 1.27 bits per heavy atom. The molecule has 0 unspecified atom stereocenters. The molecule has 0 aliphatic heterocycles. The average molecular weight is 422 g/mol. The van der Waals surface area contributed by atoms with E-state index >= 15 is 0 Å². The molecule has 0 fully saturated rings. The van der Waals surface area contributed by atoms with Crippen LogP contribution in [-0.4, -0.2) is 14.5 Å². The van der Waals surface area contributed by atoms with Gasteiger partial charge in [0.05, 0.1) is 16.7 Å². The molecular weight excluding hydrogens is 402 g/mol. The Hall–Kier alpha value is -4.50. The summed E-state index contributed by atoms with van der Waals surface area (Å²) in [6, 6.07) is 36.3. The summed E-state index contributed by atoms with van der Waals surface area (Å²) in [5, 5.41) is 7.49. The minimum Gasteiger partial charge on any atom is -0.293 e. The van der Waals surface area contributed by atoms with E-state index in [1.807, 2.05) is 30.6 Å². The monoisotopic (exact) mass is 421 g/mol. The Balaban J connectivity index is 1.57. The Kier molecular flexibility index (Phi) is 3.84. The van der Waals surface area contributed by atoms with Gasteiger partial charge in [-0.25, -0.2) is 4.98 Å². The van der Waals surface area contributed by atoms with Crippen LogP contribution in [0.1, 0.15) is 0 Å². The highest BCUT2D eigenvalue weighted by Gasteiger charge is 2.16. The fourth-order valence-electron chi connectivity index (χ4n) is 4.99. The minimum atomic E-state index is 0.904. The topological polar surface area (TPSA) is 30.7 Å². The van der Waals surface area contributed by atoms with Gasteiger partial charge in [-0.05, 0) is 46.5 Å². The highest BCUT2D eigenvalue weighted by atomic mass is 15.1. The second-order valence-electron chi connectivity index (χ2n) is 8.32. The van der Waals surface area contributed by atoms with E-state index in [2.05, 4.69) is 94.5 Å². The van der Waals surface area contributed by atoms with Gasteiger partial charge >= 0.3 is 0 Å². The number of aromatic nitrogens is 3. The third-order valence-corrected chi connectivity index (χ3v) is 6.49. The van der Waals surface area contributed by atoms with Crippen molar-refractivity contribution >= 4 is 43.4 Å². The first-order valence-corrected chi connectivity index (χ1v) is 11.1. The molecule has 0 saturated carbocycles. The smallest absolute Gasteiger partial charge is 0.137 e. The number of pyridine rings is 2. The maximum atomic E-state index is 4.89. The Morgan fingerprint density at radius 3 is 2.12 bits per heavy atom. The van der Waals surface area contributed by atoms with Crippen LogP contribution in [0, 0.1) is 0 Å². The van der Waals surface area contributed by atoms with Crippen molar-refractivity contribution in [2.24, 2.45) is 0 Å². The van der Waals surface area contributed by atoms with Crippen LogP contribution in [0.3, 0.4) is 0 Å². The largest absolute Gasteiger partial charge is 0.293 e. The van der Waals surface area contributed by atoms with Gasteiger partial charge in [-0.1, -0.05) is 72.8 Å². The molecule has 7 rings (SSSR count). The van der Waals surface area contributed by atoms with Crippen LogP contribution < -0.4 is 0 Å². The third kappa shape index (κ3) is 2.69. The van der Waals surface area contributed by atoms with E-state index in [-0.39, 0.29) is 0 Å². The molecule has 0 radical (unpaired) electrons. The molecule has 0 saturated heterocycles. The second-order valence-corrected chi connectivity index (χ2v) is 8.32. The average Bonchev–Trinajstić information content (AvgIpc) is 3.24. The van der Waals surface area contributed by atoms with Crippen molar-refractivity contribution in [1.29, 1.82) is 0 Å². The SMILES string of the molecule is c1ccc(-c2ccc(-n3c4ccccc4c4ccc5c6ccccc6ccc5c43)nc2)nc1. The molecule has 3 nitrogen and oxygen atoms in total. The maximum Gasteiger partial charge on any atom is 0.137 e. The zero-order valence-electron chi connectivity index (χ0n) is 17.8. The van der Waals surface area contributed by atoms with Crippen molar-refractivity contribution in [2.45, 2.75) is 0 Å². The van der Waals surface area contributed by atoms with Gasteiger partial charge in [-0.3, -0.25) is 9.55 Å². The molecule has 0 aliphatic carbocycles. The number of hydrogen-bond donors (Lipinski definition) is 0. The van der Waals surface area contributed by atoms with E-state index in [4.69, 9.17) is 4.98 Å². The van der Waals surface area contributed by atoms with Crippen LogP contribution in [0.15, 0.2) is 116 Å². The molecule has 3 heterocycles. The van der Waals surface area contributed by atoms with E-state index in [1.165, 1.54) is 37.8 Å². The molecule has 7 aromatic rings. The fourth-order valence-corrected chi connectivity index (χ4v) is 4.99. The van der Waals surface area contributed by atoms with Gasteiger partial charge in [0.2, 0.25) is 0 Å². The lowest BCUT2D eigenvalue weighted by molar-refractivity contribution is 1.08. The molecule has 4 aromatic carbocycles. The molecule has 0 spiro atoms.